The Labute approximate surface area is 123 Å². The van der Waals surface area contributed by atoms with Gasteiger partial charge >= 0.3 is 0 Å². The maximum Gasteiger partial charge on any atom is 0.227 e. The first-order chi connectivity index (χ1) is 9.52. The third-order valence-electron chi connectivity index (χ3n) is 2.55. The van der Waals surface area contributed by atoms with Gasteiger partial charge in [0.1, 0.15) is 12.1 Å². The Hall–Kier alpha value is -1.76. The van der Waals surface area contributed by atoms with Gasteiger partial charge in [0.2, 0.25) is 11.7 Å². The topological polar surface area (TPSA) is 47.0 Å². The Morgan fingerprint density at radius 3 is 2.75 bits per heavy atom. The zero-order valence-electron chi connectivity index (χ0n) is 10.9. The maximum absolute atomic E-state index is 13.7. The van der Waals surface area contributed by atoms with Crippen LogP contribution in [-0.4, -0.2) is 16.5 Å². The first kappa shape index (κ1) is 14.6. The van der Waals surface area contributed by atoms with Crippen LogP contribution in [0, 0.1) is 18.6 Å². The minimum atomic E-state index is -1.06. The number of hydrogen-bond donors (Lipinski definition) is 1. The molecule has 1 aromatic heterocycles. The molecule has 0 radical (unpaired) electrons. The fraction of sp³-hybridized carbons (Fsp3) is 0.231. The predicted octanol–water partition coefficient (Wildman–Crippen LogP) is 4.05. The molecule has 1 N–H and O–H groups in total. The van der Waals surface area contributed by atoms with E-state index in [0.717, 1.165) is 6.07 Å². The quantitative estimate of drug-likeness (QED) is 0.850. The summed E-state index contributed by atoms with van der Waals surface area (Å²) in [7, 11) is 0. The Morgan fingerprint density at radius 1 is 1.30 bits per heavy atom. The summed E-state index contributed by atoms with van der Waals surface area (Å²) in [4.78, 5) is 7.99. The lowest BCUT2D eigenvalue weighted by Gasteiger charge is -2.12. The number of ether oxygens (including phenoxy) is 1. The maximum atomic E-state index is 13.7. The summed E-state index contributed by atoms with van der Waals surface area (Å²) in [6.07, 6.45) is 1.30. The number of anilines is 1. The number of aromatic nitrogens is 2. The SMILES string of the molecule is CCNc1ncnc(Oc2cc(Br)cc(F)c2F)c1C. The van der Waals surface area contributed by atoms with Crippen molar-refractivity contribution < 1.29 is 13.5 Å². The van der Waals surface area contributed by atoms with Crippen LogP contribution in [0.25, 0.3) is 0 Å². The van der Waals surface area contributed by atoms with E-state index in [1.54, 1.807) is 6.92 Å². The Bertz CT molecular complexity index is 637. The van der Waals surface area contributed by atoms with Gasteiger partial charge in [0.15, 0.2) is 11.6 Å². The third kappa shape index (κ3) is 3.04. The van der Waals surface area contributed by atoms with Crippen LogP contribution in [0.4, 0.5) is 14.6 Å². The second kappa shape index (κ2) is 6.13. The summed E-state index contributed by atoms with van der Waals surface area (Å²) in [6, 6.07) is 2.37. The number of hydrogen-bond acceptors (Lipinski definition) is 4. The highest BCUT2D eigenvalue weighted by atomic mass is 79.9. The van der Waals surface area contributed by atoms with E-state index in [0.29, 0.717) is 22.4 Å². The summed E-state index contributed by atoms with van der Waals surface area (Å²) < 4.78 is 32.7. The number of nitrogens with one attached hydrogen (secondary N) is 1. The molecule has 0 aliphatic carbocycles. The van der Waals surface area contributed by atoms with E-state index in [1.165, 1.54) is 12.4 Å². The molecule has 2 rings (SSSR count). The minimum Gasteiger partial charge on any atom is -0.435 e. The Morgan fingerprint density at radius 2 is 2.05 bits per heavy atom. The predicted molar refractivity (Wildman–Crippen MR) is 75.1 cm³/mol. The van der Waals surface area contributed by atoms with Crippen LogP contribution in [0.2, 0.25) is 0 Å². The molecule has 0 aliphatic heterocycles. The molecule has 106 valence electrons. The zero-order valence-corrected chi connectivity index (χ0v) is 12.5. The van der Waals surface area contributed by atoms with Crippen molar-refractivity contribution in [2.45, 2.75) is 13.8 Å². The van der Waals surface area contributed by atoms with Gasteiger partial charge in [-0.05, 0) is 26.0 Å². The third-order valence-corrected chi connectivity index (χ3v) is 3.01. The van der Waals surface area contributed by atoms with E-state index >= 15 is 0 Å². The van der Waals surface area contributed by atoms with E-state index in [-0.39, 0.29) is 11.6 Å². The lowest BCUT2D eigenvalue weighted by atomic mass is 10.3. The second-order valence-electron chi connectivity index (χ2n) is 3.98. The molecule has 0 bridgehead atoms. The van der Waals surface area contributed by atoms with Gasteiger partial charge < -0.3 is 10.1 Å². The highest BCUT2D eigenvalue weighted by molar-refractivity contribution is 9.10. The lowest BCUT2D eigenvalue weighted by molar-refractivity contribution is 0.402. The minimum absolute atomic E-state index is 0.173. The molecular formula is C13H12BrF2N3O. The number of halogens is 3. The molecule has 7 heteroatoms. The van der Waals surface area contributed by atoms with E-state index in [9.17, 15) is 8.78 Å². The van der Waals surface area contributed by atoms with Crippen LogP contribution in [0.5, 0.6) is 11.6 Å². The lowest BCUT2D eigenvalue weighted by Crippen LogP contribution is -2.04. The van der Waals surface area contributed by atoms with E-state index in [1.807, 2.05) is 6.92 Å². The summed E-state index contributed by atoms with van der Waals surface area (Å²) in [5, 5.41) is 3.03. The Kier molecular flexibility index (Phi) is 4.49. The smallest absolute Gasteiger partial charge is 0.227 e. The van der Waals surface area contributed by atoms with Crippen molar-refractivity contribution in [2.75, 3.05) is 11.9 Å². The van der Waals surface area contributed by atoms with E-state index in [2.05, 4.69) is 31.2 Å². The fourth-order valence-electron chi connectivity index (χ4n) is 1.59. The van der Waals surface area contributed by atoms with Gasteiger partial charge in [-0.3, -0.25) is 0 Å². The van der Waals surface area contributed by atoms with E-state index in [4.69, 9.17) is 4.74 Å². The monoisotopic (exact) mass is 343 g/mol. The highest BCUT2D eigenvalue weighted by Crippen LogP contribution is 2.31. The number of nitrogens with zero attached hydrogens (tertiary/aromatic N) is 2. The average Bonchev–Trinajstić information content (AvgIpc) is 2.40. The van der Waals surface area contributed by atoms with Crippen molar-refractivity contribution in [3.63, 3.8) is 0 Å². The standard InChI is InChI=1S/C13H12BrF2N3O/c1-3-17-12-7(2)13(19-6-18-12)20-10-5-8(14)4-9(15)11(10)16/h4-6H,3H2,1-2H3,(H,17,18,19). The van der Waals surface area contributed by atoms with Crippen LogP contribution in [0.15, 0.2) is 22.9 Å². The second-order valence-corrected chi connectivity index (χ2v) is 4.90. The molecule has 0 fully saturated rings. The number of rotatable bonds is 4. The first-order valence-electron chi connectivity index (χ1n) is 5.90. The van der Waals surface area contributed by atoms with Gasteiger partial charge in [0.25, 0.3) is 0 Å². The molecule has 0 saturated heterocycles. The van der Waals surface area contributed by atoms with Crippen molar-refractivity contribution in [1.29, 1.82) is 0 Å². The molecule has 1 aromatic carbocycles. The van der Waals surface area contributed by atoms with Gasteiger partial charge in [-0.15, -0.1) is 0 Å². The van der Waals surface area contributed by atoms with Crippen LogP contribution in [0.1, 0.15) is 12.5 Å². The van der Waals surface area contributed by atoms with Gasteiger partial charge in [-0.1, -0.05) is 15.9 Å². The molecule has 0 aliphatic rings. The van der Waals surface area contributed by atoms with Crippen molar-refractivity contribution in [1.82, 2.24) is 9.97 Å². The molecule has 0 saturated carbocycles. The van der Waals surface area contributed by atoms with Gasteiger partial charge in [-0.2, -0.15) is 4.39 Å². The largest absolute Gasteiger partial charge is 0.435 e. The summed E-state index contributed by atoms with van der Waals surface area (Å²) in [5.41, 5.74) is 0.620. The Balaban J connectivity index is 2.38. The van der Waals surface area contributed by atoms with Crippen LogP contribution in [0.3, 0.4) is 0 Å². The van der Waals surface area contributed by atoms with E-state index < -0.39 is 11.6 Å². The van der Waals surface area contributed by atoms with Crippen molar-refractivity contribution >= 4 is 21.7 Å². The average molecular weight is 344 g/mol. The summed E-state index contributed by atoms with van der Waals surface area (Å²) >= 11 is 3.09. The van der Waals surface area contributed by atoms with Crippen molar-refractivity contribution in [2.24, 2.45) is 0 Å². The molecule has 0 atom stereocenters. The molecule has 4 nitrogen and oxygen atoms in total. The summed E-state index contributed by atoms with van der Waals surface area (Å²) in [6.45, 7) is 4.34. The van der Waals surface area contributed by atoms with Crippen molar-refractivity contribution in [3.05, 3.63) is 40.1 Å². The van der Waals surface area contributed by atoms with Gasteiger partial charge in [0.05, 0.1) is 5.56 Å². The molecule has 1 heterocycles. The molecule has 0 spiro atoms. The van der Waals surface area contributed by atoms with Gasteiger partial charge in [0, 0.05) is 11.0 Å². The van der Waals surface area contributed by atoms with Crippen LogP contribution >= 0.6 is 15.9 Å². The summed E-state index contributed by atoms with van der Waals surface area (Å²) in [5.74, 6) is -1.52. The zero-order chi connectivity index (χ0) is 14.7. The molecule has 0 unspecified atom stereocenters. The molecule has 2 aromatic rings. The number of benzene rings is 1. The fourth-order valence-corrected chi connectivity index (χ4v) is 2.00. The van der Waals surface area contributed by atoms with Crippen molar-refractivity contribution in [3.8, 4) is 11.6 Å². The molecular weight excluding hydrogens is 332 g/mol. The molecule has 20 heavy (non-hydrogen) atoms. The normalized spacial score (nSPS) is 10.4. The van der Waals surface area contributed by atoms with Gasteiger partial charge in [-0.25, -0.2) is 14.4 Å². The first-order valence-corrected chi connectivity index (χ1v) is 6.70. The highest BCUT2D eigenvalue weighted by Gasteiger charge is 2.15. The van der Waals surface area contributed by atoms with Crippen LogP contribution in [-0.2, 0) is 0 Å². The van der Waals surface area contributed by atoms with Crippen LogP contribution < -0.4 is 10.1 Å². The molecule has 0 amide bonds.